The Morgan fingerprint density at radius 3 is 1.02 bits per heavy atom. The second-order valence-corrected chi connectivity index (χ2v) is 25.5. The standard InChI is InChI=1S/C74H137NO8/c1-6-8-10-12-14-16-18-20-22-24-25-26-27-28-29-30-31-32-33-34-35-36-37-38-39-40-41-42-43-44-45-46-47-49-50-52-54-56-58-60-62-64-71(76)81-68-70(69-82-74(73(78)79)80-67-66-75(3,4)5)83-72(77)65-63-61-59-57-55-53-51-48-23-21-19-17-15-13-11-9-7-2/h9,11,15,17,21,23,51,53,70,74H,6-8,10,12-14,16,18-20,22,24-50,52,54-69H2,1-5H3/b11-9-,17-15-,23-21-,53-51-. The van der Waals surface area contributed by atoms with Crippen LogP contribution in [0.1, 0.15) is 348 Å². The second-order valence-electron chi connectivity index (χ2n) is 25.5. The fraction of sp³-hybridized carbons (Fsp3) is 0.851. The molecule has 0 rings (SSSR count). The molecule has 0 aliphatic rings. The van der Waals surface area contributed by atoms with Crippen LogP contribution >= 0.6 is 0 Å². The van der Waals surface area contributed by atoms with E-state index < -0.39 is 24.3 Å². The van der Waals surface area contributed by atoms with Gasteiger partial charge in [-0.05, 0) is 51.4 Å². The highest BCUT2D eigenvalue weighted by Crippen LogP contribution is 2.19. The third-order valence-corrected chi connectivity index (χ3v) is 16.1. The molecule has 0 N–H and O–H groups in total. The molecule has 0 aliphatic carbocycles. The first-order valence-corrected chi connectivity index (χ1v) is 35.8. The van der Waals surface area contributed by atoms with Gasteiger partial charge in [0.2, 0.25) is 0 Å². The lowest BCUT2D eigenvalue weighted by Gasteiger charge is -2.26. The Bertz CT molecular complexity index is 1500. The number of quaternary nitrogens is 1. The monoisotopic (exact) mass is 1170 g/mol. The fourth-order valence-electron chi connectivity index (χ4n) is 10.7. The molecule has 0 aromatic rings. The first-order chi connectivity index (χ1) is 40.6. The van der Waals surface area contributed by atoms with Gasteiger partial charge in [0.25, 0.3) is 0 Å². The largest absolute Gasteiger partial charge is 0.545 e. The van der Waals surface area contributed by atoms with Gasteiger partial charge in [-0.15, -0.1) is 0 Å². The molecular formula is C74H137NO8. The van der Waals surface area contributed by atoms with E-state index in [0.29, 0.717) is 17.4 Å². The van der Waals surface area contributed by atoms with Gasteiger partial charge in [-0.2, -0.15) is 0 Å². The number of rotatable bonds is 67. The zero-order valence-electron chi connectivity index (χ0n) is 55.6. The summed E-state index contributed by atoms with van der Waals surface area (Å²) < 4.78 is 22.7. The fourth-order valence-corrected chi connectivity index (χ4v) is 10.7. The van der Waals surface area contributed by atoms with E-state index in [2.05, 4.69) is 62.5 Å². The Morgan fingerprint density at radius 2 is 0.687 bits per heavy atom. The van der Waals surface area contributed by atoms with Crippen molar-refractivity contribution >= 4 is 17.9 Å². The first-order valence-electron chi connectivity index (χ1n) is 35.8. The summed E-state index contributed by atoms with van der Waals surface area (Å²) >= 11 is 0. The Hall–Kier alpha value is -2.75. The van der Waals surface area contributed by atoms with E-state index >= 15 is 0 Å². The van der Waals surface area contributed by atoms with Crippen LogP contribution in [0.2, 0.25) is 0 Å². The molecule has 2 atom stereocenters. The lowest BCUT2D eigenvalue weighted by Crippen LogP contribution is -2.44. The minimum Gasteiger partial charge on any atom is -0.545 e. The Kier molecular flexibility index (Phi) is 63.1. The zero-order chi connectivity index (χ0) is 60.5. The molecule has 0 bridgehead atoms. The number of carboxylic acid groups (broad SMARTS) is 1. The van der Waals surface area contributed by atoms with Crippen molar-refractivity contribution in [1.29, 1.82) is 0 Å². The van der Waals surface area contributed by atoms with Crippen LogP contribution in [0.3, 0.4) is 0 Å². The molecule has 486 valence electrons. The Morgan fingerprint density at radius 1 is 0.373 bits per heavy atom. The highest BCUT2D eigenvalue weighted by molar-refractivity contribution is 5.70. The molecule has 0 aromatic heterocycles. The SMILES string of the molecule is CC/C=C\C/C=C\C/C=C\C/C=C\CCCCCCC(=O)OC(COC(=O)CCCCCCCCCCCCCCCCCCCCCCCCCCCCCCCCCCCCCCCCCCC)COC(OCC[N+](C)(C)C)C(=O)[O-]. The average Bonchev–Trinajstić information content (AvgIpc) is 3.46. The number of carbonyl (C=O) groups is 3. The summed E-state index contributed by atoms with van der Waals surface area (Å²) in [7, 11) is 5.92. The minimum atomic E-state index is -1.63. The number of allylic oxidation sites excluding steroid dienone is 8. The van der Waals surface area contributed by atoms with Crippen LogP contribution in [0.15, 0.2) is 48.6 Å². The molecule has 9 nitrogen and oxygen atoms in total. The molecule has 83 heavy (non-hydrogen) atoms. The van der Waals surface area contributed by atoms with Crippen LogP contribution in [0.4, 0.5) is 0 Å². The van der Waals surface area contributed by atoms with E-state index in [4.69, 9.17) is 18.9 Å². The maximum Gasteiger partial charge on any atom is 0.306 e. The number of ether oxygens (including phenoxy) is 4. The van der Waals surface area contributed by atoms with Gasteiger partial charge in [0.15, 0.2) is 12.4 Å². The first kappa shape index (κ1) is 80.2. The van der Waals surface area contributed by atoms with Crippen molar-refractivity contribution in [1.82, 2.24) is 0 Å². The topological polar surface area (TPSA) is 111 Å². The van der Waals surface area contributed by atoms with Crippen molar-refractivity contribution < 1.29 is 42.9 Å². The smallest absolute Gasteiger partial charge is 0.306 e. The van der Waals surface area contributed by atoms with E-state index in [-0.39, 0.29) is 38.6 Å². The molecule has 0 heterocycles. The van der Waals surface area contributed by atoms with Crippen LogP contribution in [-0.2, 0) is 33.3 Å². The van der Waals surface area contributed by atoms with Crippen molar-refractivity contribution in [2.24, 2.45) is 0 Å². The van der Waals surface area contributed by atoms with Crippen molar-refractivity contribution in [3.8, 4) is 0 Å². The predicted octanol–water partition coefficient (Wildman–Crippen LogP) is 20.8. The number of carboxylic acids is 1. The number of likely N-dealkylation sites (N-methyl/N-ethyl adjacent to an activating group) is 1. The Balaban J connectivity index is 3.90. The van der Waals surface area contributed by atoms with Crippen LogP contribution < -0.4 is 5.11 Å². The number of aliphatic carboxylic acids is 1. The van der Waals surface area contributed by atoms with Gasteiger partial charge in [0, 0.05) is 12.8 Å². The van der Waals surface area contributed by atoms with Crippen LogP contribution in [0.25, 0.3) is 0 Å². The third kappa shape index (κ3) is 66.6. The van der Waals surface area contributed by atoms with Gasteiger partial charge >= 0.3 is 11.9 Å². The van der Waals surface area contributed by atoms with Gasteiger partial charge in [0.05, 0.1) is 40.3 Å². The maximum absolute atomic E-state index is 12.9. The van der Waals surface area contributed by atoms with Crippen molar-refractivity contribution in [2.75, 3.05) is 47.5 Å². The summed E-state index contributed by atoms with van der Waals surface area (Å²) in [5.74, 6) is -2.30. The van der Waals surface area contributed by atoms with E-state index in [0.717, 1.165) is 70.6 Å². The molecule has 0 radical (unpaired) electrons. The Labute approximate surface area is 514 Å². The van der Waals surface area contributed by atoms with E-state index in [1.165, 1.54) is 244 Å². The number of nitrogens with zero attached hydrogens (tertiary/aromatic N) is 1. The lowest BCUT2D eigenvalue weighted by molar-refractivity contribution is -0.870. The summed E-state index contributed by atoms with van der Waals surface area (Å²) in [5.41, 5.74) is 0. The van der Waals surface area contributed by atoms with Crippen molar-refractivity contribution in [3.63, 3.8) is 0 Å². The summed E-state index contributed by atoms with van der Waals surface area (Å²) in [4.78, 5) is 37.4. The molecular weight excluding hydrogens is 1030 g/mol. The van der Waals surface area contributed by atoms with Crippen molar-refractivity contribution in [2.45, 2.75) is 360 Å². The van der Waals surface area contributed by atoms with Crippen LogP contribution in [-0.4, -0.2) is 82.3 Å². The summed E-state index contributed by atoms with van der Waals surface area (Å²) in [6.45, 7) is 4.65. The van der Waals surface area contributed by atoms with E-state index in [9.17, 15) is 19.5 Å². The van der Waals surface area contributed by atoms with Gasteiger partial charge in [-0.3, -0.25) is 9.59 Å². The van der Waals surface area contributed by atoms with Gasteiger partial charge in [-0.1, -0.05) is 332 Å². The number of hydrogen-bond donors (Lipinski definition) is 0. The maximum atomic E-state index is 12.9. The van der Waals surface area contributed by atoms with Crippen molar-refractivity contribution in [3.05, 3.63) is 48.6 Å². The molecule has 0 spiro atoms. The number of esters is 2. The molecule has 0 amide bonds. The zero-order valence-corrected chi connectivity index (χ0v) is 55.6. The molecule has 0 aliphatic heterocycles. The lowest BCUT2D eigenvalue weighted by atomic mass is 10.0. The summed E-state index contributed by atoms with van der Waals surface area (Å²) in [6, 6.07) is 0. The average molecular weight is 1170 g/mol. The summed E-state index contributed by atoms with van der Waals surface area (Å²) in [5, 5.41) is 11.8. The highest BCUT2D eigenvalue weighted by atomic mass is 16.7. The quantitative estimate of drug-likeness (QED) is 0.0195. The molecule has 2 unspecified atom stereocenters. The molecule has 9 heteroatoms. The molecule has 0 saturated heterocycles. The predicted molar refractivity (Wildman–Crippen MR) is 352 cm³/mol. The molecule has 0 saturated carbocycles. The highest BCUT2D eigenvalue weighted by Gasteiger charge is 2.22. The van der Waals surface area contributed by atoms with Gasteiger partial charge < -0.3 is 33.3 Å². The number of carbonyl (C=O) groups excluding carboxylic acids is 3. The van der Waals surface area contributed by atoms with Gasteiger partial charge in [-0.25, -0.2) is 0 Å². The van der Waals surface area contributed by atoms with Gasteiger partial charge in [0.1, 0.15) is 13.2 Å². The number of unbranched alkanes of at least 4 members (excludes halogenated alkanes) is 44. The summed E-state index contributed by atoms with van der Waals surface area (Å²) in [6.07, 6.45) is 81.0. The normalized spacial score (nSPS) is 12.9. The van der Waals surface area contributed by atoms with Crippen LogP contribution in [0, 0.1) is 0 Å². The van der Waals surface area contributed by atoms with Crippen LogP contribution in [0.5, 0.6) is 0 Å². The third-order valence-electron chi connectivity index (χ3n) is 16.1. The molecule has 0 aromatic carbocycles. The van der Waals surface area contributed by atoms with E-state index in [1.807, 2.05) is 21.1 Å². The van der Waals surface area contributed by atoms with E-state index in [1.54, 1.807) is 0 Å². The molecule has 0 fully saturated rings. The number of hydrogen-bond acceptors (Lipinski definition) is 8. The minimum absolute atomic E-state index is 0.143. The second kappa shape index (κ2) is 65.2.